The summed E-state index contributed by atoms with van der Waals surface area (Å²) in [7, 11) is 0. The summed E-state index contributed by atoms with van der Waals surface area (Å²) in [6.45, 7) is 4.23. The Labute approximate surface area is 132 Å². The van der Waals surface area contributed by atoms with Gasteiger partial charge in [0, 0.05) is 11.8 Å². The molecule has 0 radical (unpaired) electrons. The minimum absolute atomic E-state index is 0.142. The molecule has 0 aliphatic rings. The van der Waals surface area contributed by atoms with Crippen molar-refractivity contribution in [2.45, 2.75) is 39.2 Å². The van der Waals surface area contributed by atoms with E-state index < -0.39 is 5.82 Å². The van der Waals surface area contributed by atoms with Crippen LogP contribution in [0.5, 0.6) is 0 Å². The molecule has 0 bridgehead atoms. The number of aromatic nitrogens is 2. The van der Waals surface area contributed by atoms with Gasteiger partial charge in [0.2, 0.25) is 0 Å². The lowest BCUT2D eigenvalue weighted by atomic mass is 10.1. The fourth-order valence-corrected chi connectivity index (χ4v) is 2.80. The normalized spacial score (nSPS) is 11.1. The summed E-state index contributed by atoms with van der Waals surface area (Å²) < 4.78 is 15.6. The van der Waals surface area contributed by atoms with E-state index in [9.17, 15) is 9.18 Å². The third-order valence-corrected chi connectivity index (χ3v) is 4.38. The number of halogens is 2. The lowest BCUT2D eigenvalue weighted by Crippen LogP contribution is -2.10. The van der Waals surface area contributed by atoms with Crippen LogP contribution in [-0.4, -0.2) is 15.6 Å². The van der Waals surface area contributed by atoms with Crippen LogP contribution in [0.25, 0.3) is 0 Å². The van der Waals surface area contributed by atoms with E-state index in [1.54, 1.807) is 6.07 Å². The summed E-state index contributed by atoms with van der Waals surface area (Å²) in [5, 5.41) is 4.46. The van der Waals surface area contributed by atoms with Gasteiger partial charge in [0.05, 0.1) is 22.6 Å². The Morgan fingerprint density at radius 1 is 1.33 bits per heavy atom. The fraction of sp³-hybridized carbons (Fsp3) is 0.375. The number of Topliss-reactive ketones (excluding diaryl/α,β-unsaturated/α-hetero) is 1. The standard InChI is InChI=1S/C16H18BrFN2O/c1-3-12(4-2)20-9-8-11(19-20)10-15(21)13-6-5-7-14(18)16(13)17/h5-9,12H,3-4,10H2,1-2H3. The van der Waals surface area contributed by atoms with Crippen molar-refractivity contribution in [3.8, 4) is 0 Å². The van der Waals surface area contributed by atoms with Gasteiger partial charge in [-0.05, 0) is 40.9 Å². The zero-order valence-electron chi connectivity index (χ0n) is 12.1. The topological polar surface area (TPSA) is 34.9 Å². The molecule has 0 aliphatic heterocycles. The zero-order valence-corrected chi connectivity index (χ0v) is 13.7. The highest BCUT2D eigenvalue weighted by atomic mass is 79.9. The molecule has 0 spiro atoms. The molecule has 2 aromatic rings. The maximum absolute atomic E-state index is 13.5. The summed E-state index contributed by atoms with van der Waals surface area (Å²) in [4.78, 5) is 12.3. The van der Waals surface area contributed by atoms with Gasteiger partial charge in [0.25, 0.3) is 0 Å². The number of carbonyl (C=O) groups is 1. The molecule has 1 aromatic heterocycles. The highest BCUT2D eigenvalue weighted by Crippen LogP contribution is 2.22. The van der Waals surface area contributed by atoms with Gasteiger partial charge < -0.3 is 0 Å². The molecule has 1 aromatic carbocycles. The van der Waals surface area contributed by atoms with Crippen LogP contribution in [0.2, 0.25) is 0 Å². The van der Waals surface area contributed by atoms with E-state index in [4.69, 9.17) is 0 Å². The highest BCUT2D eigenvalue weighted by Gasteiger charge is 2.15. The number of hydrogen-bond donors (Lipinski definition) is 0. The fourth-order valence-electron chi connectivity index (χ4n) is 2.32. The van der Waals surface area contributed by atoms with E-state index in [-0.39, 0.29) is 16.7 Å². The zero-order chi connectivity index (χ0) is 15.4. The van der Waals surface area contributed by atoms with Gasteiger partial charge in [0.1, 0.15) is 5.82 Å². The summed E-state index contributed by atoms with van der Waals surface area (Å²) >= 11 is 3.12. The Morgan fingerprint density at radius 3 is 2.71 bits per heavy atom. The first-order chi connectivity index (χ1) is 10.1. The Hall–Kier alpha value is -1.49. The van der Waals surface area contributed by atoms with Crippen molar-refractivity contribution < 1.29 is 9.18 Å². The van der Waals surface area contributed by atoms with Gasteiger partial charge in [-0.1, -0.05) is 26.0 Å². The van der Waals surface area contributed by atoms with Crippen molar-refractivity contribution in [1.82, 2.24) is 9.78 Å². The number of nitrogens with zero attached hydrogens (tertiary/aromatic N) is 2. The minimum atomic E-state index is -0.427. The van der Waals surface area contributed by atoms with Gasteiger partial charge in [-0.25, -0.2) is 4.39 Å². The van der Waals surface area contributed by atoms with Crippen LogP contribution < -0.4 is 0 Å². The van der Waals surface area contributed by atoms with E-state index in [0.29, 0.717) is 17.3 Å². The summed E-state index contributed by atoms with van der Waals surface area (Å²) in [6.07, 6.45) is 4.08. The molecule has 2 rings (SSSR count). The maximum Gasteiger partial charge on any atom is 0.170 e. The second kappa shape index (κ2) is 6.98. The number of benzene rings is 1. The average molecular weight is 353 g/mol. The van der Waals surface area contributed by atoms with Crippen molar-refractivity contribution in [3.05, 3.63) is 52.0 Å². The van der Waals surface area contributed by atoms with Gasteiger partial charge in [-0.15, -0.1) is 0 Å². The predicted molar refractivity (Wildman–Crippen MR) is 84.0 cm³/mol. The molecule has 3 nitrogen and oxygen atoms in total. The quantitative estimate of drug-likeness (QED) is 0.713. The molecule has 0 atom stereocenters. The summed E-state index contributed by atoms with van der Waals surface area (Å²) in [5.41, 5.74) is 1.06. The van der Waals surface area contributed by atoms with Crippen LogP contribution >= 0.6 is 15.9 Å². The molecule has 0 saturated carbocycles. The highest BCUT2D eigenvalue weighted by molar-refractivity contribution is 9.10. The second-order valence-electron chi connectivity index (χ2n) is 4.96. The van der Waals surface area contributed by atoms with E-state index in [1.807, 2.05) is 16.9 Å². The van der Waals surface area contributed by atoms with Gasteiger partial charge in [0.15, 0.2) is 5.78 Å². The average Bonchev–Trinajstić information content (AvgIpc) is 2.91. The first-order valence-corrected chi connectivity index (χ1v) is 7.87. The Bertz CT molecular complexity index is 635. The predicted octanol–water partition coefficient (Wildman–Crippen LogP) is 4.57. The van der Waals surface area contributed by atoms with Crippen molar-refractivity contribution in [2.75, 3.05) is 0 Å². The van der Waals surface area contributed by atoms with Crippen molar-refractivity contribution in [3.63, 3.8) is 0 Å². The smallest absolute Gasteiger partial charge is 0.170 e. The molecule has 0 amide bonds. The first kappa shape index (κ1) is 15.9. The number of rotatable bonds is 6. The van der Waals surface area contributed by atoms with Crippen molar-refractivity contribution in [1.29, 1.82) is 0 Å². The molecule has 1 heterocycles. The van der Waals surface area contributed by atoms with E-state index >= 15 is 0 Å². The van der Waals surface area contributed by atoms with E-state index in [2.05, 4.69) is 34.9 Å². The van der Waals surface area contributed by atoms with Crippen LogP contribution in [0, 0.1) is 5.82 Å². The van der Waals surface area contributed by atoms with Gasteiger partial charge in [-0.3, -0.25) is 9.48 Å². The molecular formula is C16H18BrFN2O. The minimum Gasteiger partial charge on any atom is -0.294 e. The molecule has 112 valence electrons. The van der Waals surface area contributed by atoms with E-state index in [1.165, 1.54) is 12.1 Å². The van der Waals surface area contributed by atoms with Crippen LogP contribution in [0.1, 0.15) is 48.8 Å². The Balaban J connectivity index is 2.15. The number of carbonyl (C=O) groups excluding carboxylic acids is 1. The third kappa shape index (κ3) is 3.59. The SMILES string of the molecule is CCC(CC)n1ccc(CC(=O)c2cccc(F)c2Br)n1. The molecular weight excluding hydrogens is 335 g/mol. The number of ketones is 1. The van der Waals surface area contributed by atoms with Crippen LogP contribution in [0.3, 0.4) is 0 Å². The largest absolute Gasteiger partial charge is 0.294 e. The van der Waals surface area contributed by atoms with Gasteiger partial charge in [-0.2, -0.15) is 5.10 Å². The van der Waals surface area contributed by atoms with Crippen LogP contribution in [0.4, 0.5) is 4.39 Å². The lowest BCUT2D eigenvalue weighted by Gasteiger charge is -2.12. The van der Waals surface area contributed by atoms with Crippen molar-refractivity contribution >= 4 is 21.7 Å². The molecule has 0 N–H and O–H groups in total. The third-order valence-electron chi connectivity index (χ3n) is 3.57. The summed E-state index contributed by atoms with van der Waals surface area (Å²) in [5.74, 6) is -0.570. The molecule has 0 aliphatic carbocycles. The first-order valence-electron chi connectivity index (χ1n) is 7.08. The molecule has 0 unspecified atom stereocenters. The summed E-state index contributed by atoms with van der Waals surface area (Å²) in [6, 6.07) is 6.69. The van der Waals surface area contributed by atoms with Crippen molar-refractivity contribution in [2.24, 2.45) is 0 Å². The Kier molecular flexibility index (Phi) is 5.28. The molecule has 21 heavy (non-hydrogen) atoms. The van der Waals surface area contributed by atoms with Gasteiger partial charge >= 0.3 is 0 Å². The monoisotopic (exact) mass is 352 g/mol. The number of hydrogen-bond acceptors (Lipinski definition) is 2. The second-order valence-corrected chi connectivity index (χ2v) is 5.75. The maximum atomic E-state index is 13.5. The van der Waals surface area contributed by atoms with E-state index in [0.717, 1.165) is 12.8 Å². The molecule has 0 saturated heterocycles. The van der Waals surface area contributed by atoms with Crippen LogP contribution in [-0.2, 0) is 6.42 Å². The molecule has 5 heteroatoms. The Morgan fingerprint density at radius 2 is 2.05 bits per heavy atom. The van der Waals surface area contributed by atoms with Crippen LogP contribution in [0.15, 0.2) is 34.9 Å². The lowest BCUT2D eigenvalue weighted by molar-refractivity contribution is 0.0990. The molecule has 0 fully saturated rings.